The summed E-state index contributed by atoms with van der Waals surface area (Å²) in [6.45, 7) is 5.61. The highest BCUT2D eigenvalue weighted by Crippen LogP contribution is 2.14. The van der Waals surface area contributed by atoms with Crippen molar-refractivity contribution in [3.05, 3.63) is 24.3 Å². The van der Waals surface area contributed by atoms with Gasteiger partial charge in [-0.05, 0) is 37.2 Å². The zero-order valence-corrected chi connectivity index (χ0v) is 14.0. The summed E-state index contributed by atoms with van der Waals surface area (Å²) in [6.07, 6.45) is 3.05. The van der Waals surface area contributed by atoms with Crippen molar-refractivity contribution in [3.8, 4) is 5.75 Å². The number of rotatable bonds is 7. The Labute approximate surface area is 137 Å². The van der Waals surface area contributed by atoms with Crippen LogP contribution in [0.25, 0.3) is 0 Å². The molecule has 0 aromatic heterocycles. The van der Waals surface area contributed by atoms with E-state index in [1.54, 1.807) is 7.11 Å². The smallest absolute Gasteiger partial charge is 0.259 e. The lowest BCUT2D eigenvalue weighted by Gasteiger charge is -2.26. The highest BCUT2D eigenvalue weighted by Gasteiger charge is 2.14. The van der Waals surface area contributed by atoms with Gasteiger partial charge in [-0.3, -0.25) is 4.79 Å². The molecule has 1 aromatic carbocycles. The molecule has 1 fully saturated rings. The van der Waals surface area contributed by atoms with Gasteiger partial charge in [-0.15, -0.1) is 0 Å². The van der Waals surface area contributed by atoms with Crippen molar-refractivity contribution in [3.63, 3.8) is 0 Å². The molecule has 0 atom stereocenters. The van der Waals surface area contributed by atoms with Gasteiger partial charge in [0.15, 0.2) is 0 Å². The maximum atomic E-state index is 11.8. The van der Waals surface area contributed by atoms with Gasteiger partial charge in [-0.2, -0.15) is 5.10 Å². The van der Waals surface area contributed by atoms with Gasteiger partial charge in [-0.25, -0.2) is 5.43 Å². The molecule has 0 aliphatic carbocycles. The first-order valence-corrected chi connectivity index (χ1v) is 8.16. The van der Waals surface area contributed by atoms with Crippen LogP contribution in [0.5, 0.6) is 5.75 Å². The van der Waals surface area contributed by atoms with Crippen molar-refractivity contribution in [1.29, 1.82) is 0 Å². The van der Waals surface area contributed by atoms with Gasteiger partial charge in [0.05, 0.1) is 13.7 Å². The van der Waals surface area contributed by atoms with E-state index in [4.69, 9.17) is 4.74 Å². The zero-order valence-electron chi connectivity index (χ0n) is 14.0. The second-order valence-corrected chi connectivity index (χ2v) is 5.64. The molecule has 0 bridgehead atoms. The molecular weight excluding hydrogens is 292 g/mol. The molecule has 2 N–H and O–H groups in total. The van der Waals surface area contributed by atoms with Gasteiger partial charge < -0.3 is 15.0 Å². The number of ether oxygens (including phenoxy) is 1. The lowest BCUT2D eigenvalue weighted by molar-refractivity contribution is -0.119. The molecule has 0 saturated carbocycles. The molecule has 1 heterocycles. The Hall–Kier alpha value is -2.08. The van der Waals surface area contributed by atoms with E-state index in [1.807, 2.05) is 24.3 Å². The van der Waals surface area contributed by atoms with E-state index in [9.17, 15) is 4.79 Å². The number of likely N-dealkylation sites (tertiary alicyclic amines) is 1. The fourth-order valence-corrected chi connectivity index (χ4v) is 2.53. The van der Waals surface area contributed by atoms with E-state index in [1.165, 1.54) is 6.42 Å². The summed E-state index contributed by atoms with van der Waals surface area (Å²) in [5, 5.41) is 7.31. The van der Waals surface area contributed by atoms with E-state index in [0.29, 0.717) is 0 Å². The third-order valence-electron chi connectivity index (χ3n) is 3.85. The number of carbonyl (C=O) groups is 1. The average Bonchev–Trinajstić information content (AvgIpc) is 2.60. The number of benzene rings is 1. The SMILES string of the molecule is CCCN1CCC(=NNC(=O)CNc2ccc(OC)cc2)CC1. The molecule has 1 aromatic rings. The number of piperidine rings is 1. The van der Waals surface area contributed by atoms with E-state index in [2.05, 4.69) is 27.7 Å². The lowest BCUT2D eigenvalue weighted by atomic mass is 10.1. The van der Waals surface area contributed by atoms with Crippen molar-refractivity contribution in [2.24, 2.45) is 5.10 Å². The predicted molar refractivity (Wildman–Crippen MR) is 93.0 cm³/mol. The summed E-state index contributed by atoms with van der Waals surface area (Å²) in [7, 11) is 1.63. The first-order valence-electron chi connectivity index (χ1n) is 8.16. The van der Waals surface area contributed by atoms with E-state index >= 15 is 0 Å². The summed E-state index contributed by atoms with van der Waals surface area (Å²) in [5.41, 5.74) is 4.59. The second kappa shape index (κ2) is 9.15. The number of anilines is 1. The maximum Gasteiger partial charge on any atom is 0.259 e. The van der Waals surface area contributed by atoms with Gasteiger partial charge >= 0.3 is 0 Å². The summed E-state index contributed by atoms with van der Waals surface area (Å²) in [4.78, 5) is 14.3. The lowest BCUT2D eigenvalue weighted by Crippen LogP contribution is -2.35. The highest BCUT2D eigenvalue weighted by molar-refractivity contribution is 5.88. The van der Waals surface area contributed by atoms with Gasteiger partial charge in [0.25, 0.3) is 5.91 Å². The molecule has 0 radical (unpaired) electrons. The molecule has 1 amide bonds. The summed E-state index contributed by atoms with van der Waals surface area (Å²) < 4.78 is 5.10. The Kier molecular flexibility index (Phi) is 6.87. The van der Waals surface area contributed by atoms with Crippen LogP contribution in [0, 0.1) is 0 Å². The minimum atomic E-state index is -0.135. The van der Waals surface area contributed by atoms with Gasteiger partial charge in [-0.1, -0.05) is 6.92 Å². The first-order chi connectivity index (χ1) is 11.2. The van der Waals surface area contributed by atoms with Crippen LogP contribution in [-0.2, 0) is 4.79 Å². The Balaban J connectivity index is 1.69. The molecule has 1 aliphatic heterocycles. The van der Waals surface area contributed by atoms with Crippen LogP contribution in [0.1, 0.15) is 26.2 Å². The van der Waals surface area contributed by atoms with Crippen LogP contribution >= 0.6 is 0 Å². The number of methoxy groups -OCH3 is 1. The summed E-state index contributed by atoms with van der Waals surface area (Å²) in [6, 6.07) is 7.46. The fourth-order valence-electron chi connectivity index (χ4n) is 2.53. The molecule has 23 heavy (non-hydrogen) atoms. The number of amides is 1. The molecule has 126 valence electrons. The minimum absolute atomic E-state index is 0.135. The van der Waals surface area contributed by atoms with Crippen molar-refractivity contribution in [2.45, 2.75) is 26.2 Å². The number of hydrogen-bond acceptors (Lipinski definition) is 5. The van der Waals surface area contributed by atoms with Crippen LogP contribution in [0.4, 0.5) is 5.69 Å². The summed E-state index contributed by atoms with van der Waals surface area (Å²) >= 11 is 0. The highest BCUT2D eigenvalue weighted by atomic mass is 16.5. The third-order valence-corrected chi connectivity index (χ3v) is 3.85. The molecule has 0 spiro atoms. The molecule has 1 aliphatic rings. The molecular formula is C17H26N4O2. The third kappa shape index (κ3) is 5.90. The quantitative estimate of drug-likeness (QED) is 0.756. The Bertz CT molecular complexity index is 518. The monoisotopic (exact) mass is 318 g/mol. The Morgan fingerprint density at radius 1 is 1.26 bits per heavy atom. The molecule has 6 heteroatoms. The number of nitrogens with one attached hydrogen (secondary N) is 2. The number of carbonyl (C=O) groups excluding carboxylic acids is 1. The van der Waals surface area contributed by atoms with Crippen molar-refractivity contribution >= 4 is 17.3 Å². The Morgan fingerprint density at radius 2 is 1.96 bits per heavy atom. The van der Waals surface area contributed by atoms with E-state index < -0.39 is 0 Å². The van der Waals surface area contributed by atoms with Crippen LogP contribution in [0.15, 0.2) is 29.4 Å². The normalized spacial score (nSPS) is 15.1. The maximum absolute atomic E-state index is 11.8. The average molecular weight is 318 g/mol. The van der Waals surface area contributed by atoms with Crippen molar-refractivity contribution < 1.29 is 9.53 Å². The topological polar surface area (TPSA) is 66.0 Å². The Morgan fingerprint density at radius 3 is 2.57 bits per heavy atom. The summed E-state index contributed by atoms with van der Waals surface area (Å²) in [5.74, 6) is 0.658. The molecule has 1 saturated heterocycles. The zero-order chi connectivity index (χ0) is 16.5. The van der Waals surface area contributed by atoms with Gasteiger partial charge in [0.1, 0.15) is 5.75 Å². The van der Waals surface area contributed by atoms with Crippen LogP contribution in [0.2, 0.25) is 0 Å². The second-order valence-electron chi connectivity index (χ2n) is 5.64. The van der Waals surface area contributed by atoms with E-state index in [-0.39, 0.29) is 12.5 Å². The van der Waals surface area contributed by atoms with Crippen LogP contribution < -0.4 is 15.5 Å². The number of hydrazone groups is 1. The fraction of sp³-hybridized carbons (Fsp3) is 0.529. The van der Waals surface area contributed by atoms with Crippen molar-refractivity contribution in [1.82, 2.24) is 10.3 Å². The number of hydrogen-bond donors (Lipinski definition) is 2. The predicted octanol–water partition coefficient (Wildman–Crippen LogP) is 2.09. The minimum Gasteiger partial charge on any atom is -0.497 e. The first kappa shape index (κ1) is 17.3. The molecule has 6 nitrogen and oxygen atoms in total. The van der Waals surface area contributed by atoms with E-state index in [0.717, 1.165) is 49.6 Å². The largest absolute Gasteiger partial charge is 0.497 e. The van der Waals surface area contributed by atoms with Gasteiger partial charge in [0, 0.05) is 37.3 Å². The molecule has 0 unspecified atom stereocenters. The van der Waals surface area contributed by atoms with Crippen LogP contribution in [-0.4, -0.2) is 49.8 Å². The van der Waals surface area contributed by atoms with Gasteiger partial charge in [0.2, 0.25) is 0 Å². The molecule has 2 rings (SSSR count). The number of nitrogens with zero attached hydrogens (tertiary/aromatic N) is 2. The standard InChI is InChI=1S/C17H26N4O2/c1-3-10-21-11-8-15(9-12-21)19-20-17(22)13-18-14-4-6-16(23-2)7-5-14/h4-7,18H,3,8-13H2,1-2H3,(H,20,22). The van der Waals surface area contributed by atoms with Crippen LogP contribution in [0.3, 0.4) is 0 Å². The van der Waals surface area contributed by atoms with Crippen molar-refractivity contribution in [2.75, 3.05) is 38.6 Å².